The van der Waals surface area contributed by atoms with Crippen LogP contribution in [0.15, 0.2) is 30.3 Å². The fourth-order valence-electron chi connectivity index (χ4n) is 1.52. The van der Waals surface area contributed by atoms with Crippen molar-refractivity contribution >= 4 is 22.6 Å². The average molecular weight is 261 g/mol. The maximum absolute atomic E-state index is 11.6. The van der Waals surface area contributed by atoms with Gasteiger partial charge in [0.25, 0.3) is 0 Å². The number of hydrogen-bond acceptors (Lipinski definition) is 4. The minimum Gasteiger partial charge on any atom is -0.301 e. The van der Waals surface area contributed by atoms with Gasteiger partial charge in [-0.2, -0.15) is 9.36 Å². The summed E-state index contributed by atoms with van der Waals surface area (Å²) in [6.45, 7) is 4.02. The molecular formula is C13H15N3OS. The quantitative estimate of drug-likeness (QED) is 0.919. The number of carbonyl (C=O) groups is 1. The summed E-state index contributed by atoms with van der Waals surface area (Å²) in [7, 11) is 0. The molecule has 0 aliphatic heterocycles. The SMILES string of the molecule is CC(C)CC(=O)Nc1nc(-c2ccccc2)ns1. The lowest BCUT2D eigenvalue weighted by molar-refractivity contribution is -0.116. The van der Waals surface area contributed by atoms with Gasteiger partial charge in [0.05, 0.1) is 0 Å². The maximum Gasteiger partial charge on any atom is 0.226 e. The zero-order valence-electron chi connectivity index (χ0n) is 10.4. The highest BCUT2D eigenvalue weighted by Crippen LogP contribution is 2.20. The van der Waals surface area contributed by atoms with Crippen LogP contribution in [0.4, 0.5) is 5.13 Å². The first kappa shape index (κ1) is 12.7. The van der Waals surface area contributed by atoms with Crippen molar-refractivity contribution < 1.29 is 4.79 Å². The lowest BCUT2D eigenvalue weighted by atomic mass is 10.1. The molecule has 94 valence electrons. The van der Waals surface area contributed by atoms with Gasteiger partial charge in [0.15, 0.2) is 5.82 Å². The highest BCUT2D eigenvalue weighted by atomic mass is 32.1. The Morgan fingerprint density at radius 2 is 2.06 bits per heavy atom. The Bertz CT molecular complexity index is 522. The topological polar surface area (TPSA) is 54.9 Å². The highest BCUT2D eigenvalue weighted by molar-refractivity contribution is 7.10. The third kappa shape index (κ3) is 3.37. The molecule has 0 atom stereocenters. The molecule has 0 saturated carbocycles. The molecule has 2 rings (SSSR count). The molecule has 18 heavy (non-hydrogen) atoms. The number of benzene rings is 1. The number of anilines is 1. The summed E-state index contributed by atoms with van der Waals surface area (Å²) < 4.78 is 4.23. The fourth-order valence-corrected chi connectivity index (χ4v) is 2.13. The summed E-state index contributed by atoms with van der Waals surface area (Å²) in [6.07, 6.45) is 0.500. The number of nitrogens with zero attached hydrogens (tertiary/aromatic N) is 2. The van der Waals surface area contributed by atoms with Crippen LogP contribution in [0.3, 0.4) is 0 Å². The molecule has 1 amide bonds. The summed E-state index contributed by atoms with van der Waals surface area (Å²) in [5.41, 5.74) is 0.957. The summed E-state index contributed by atoms with van der Waals surface area (Å²) >= 11 is 1.21. The molecule has 0 bridgehead atoms. The summed E-state index contributed by atoms with van der Waals surface area (Å²) in [5.74, 6) is 0.979. The second-order valence-corrected chi connectivity index (χ2v) is 5.19. The Kier molecular flexibility index (Phi) is 4.04. The van der Waals surface area contributed by atoms with Crippen molar-refractivity contribution in [1.82, 2.24) is 9.36 Å². The predicted molar refractivity (Wildman–Crippen MR) is 73.4 cm³/mol. The Morgan fingerprint density at radius 1 is 1.33 bits per heavy atom. The molecule has 1 aromatic carbocycles. The molecule has 0 fully saturated rings. The second-order valence-electron chi connectivity index (χ2n) is 4.44. The molecule has 0 aliphatic rings. The van der Waals surface area contributed by atoms with Gasteiger partial charge in [-0.05, 0) is 5.92 Å². The van der Waals surface area contributed by atoms with Crippen LogP contribution in [0.25, 0.3) is 11.4 Å². The molecule has 0 saturated heterocycles. The van der Waals surface area contributed by atoms with Gasteiger partial charge < -0.3 is 5.32 Å². The Balaban J connectivity index is 2.05. The van der Waals surface area contributed by atoms with Gasteiger partial charge in [0.2, 0.25) is 11.0 Å². The van der Waals surface area contributed by atoms with Crippen LogP contribution >= 0.6 is 11.5 Å². The van der Waals surface area contributed by atoms with Crippen molar-refractivity contribution in [3.63, 3.8) is 0 Å². The van der Waals surface area contributed by atoms with Crippen LogP contribution in [-0.4, -0.2) is 15.3 Å². The van der Waals surface area contributed by atoms with Crippen molar-refractivity contribution in [3.8, 4) is 11.4 Å². The van der Waals surface area contributed by atoms with E-state index in [1.54, 1.807) is 0 Å². The van der Waals surface area contributed by atoms with E-state index in [1.165, 1.54) is 11.5 Å². The van der Waals surface area contributed by atoms with E-state index in [2.05, 4.69) is 14.7 Å². The van der Waals surface area contributed by atoms with Crippen molar-refractivity contribution in [2.24, 2.45) is 5.92 Å². The van der Waals surface area contributed by atoms with E-state index in [0.717, 1.165) is 5.56 Å². The molecule has 0 spiro atoms. The number of aromatic nitrogens is 2. The van der Waals surface area contributed by atoms with Crippen molar-refractivity contribution in [2.75, 3.05) is 5.32 Å². The number of nitrogens with one attached hydrogen (secondary N) is 1. The second kappa shape index (κ2) is 5.73. The highest BCUT2D eigenvalue weighted by Gasteiger charge is 2.10. The first-order valence-electron chi connectivity index (χ1n) is 5.84. The summed E-state index contributed by atoms with van der Waals surface area (Å²) in [4.78, 5) is 15.9. The molecule has 0 aliphatic carbocycles. The Hall–Kier alpha value is -1.75. The largest absolute Gasteiger partial charge is 0.301 e. The molecule has 1 heterocycles. The lowest BCUT2D eigenvalue weighted by Gasteiger charge is -2.02. The smallest absolute Gasteiger partial charge is 0.226 e. The normalized spacial score (nSPS) is 10.6. The van der Waals surface area contributed by atoms with Crippen LogP contribution < -0.4 is 5.32 Å². The van der Waals surface area contributed by atoms with E-state index < -0.39 is 0 Å². The first-order chi connectivity index (χ1) is 8.65. The van der Waals surface area contributed by atoms with Gasteiger partial charge in [-0.15, -0.1) is 0 Å². The summed E-state index contributed by atoms with van der Waals surface area (Å²) in [5, 5.41) is 3.32. The van der Waals surface area contributed by atoms with E-state index >= 15 is 0 Å². The van der Waals surface area contributed by atoms with Gasteiger partial charge in [-0.1, -0.05) is 44.2 Å². The fraction of sp³-hybridized carbons (Fsp3) is 0.308. The zero-order chi connectivity index (χ0) is 13.0. The maximum atomic E-state index is 11.6. The molecule has 4 nitrogen and oxygen atoms in total. The Labute approximate surface area is 110 Å². The van der Waals surface area contributed by atoms with Gasteiger partial charge in [-0.3, -0.25) is 4.79 Å². The summed E-state index contributed by atoms with van der Waals surface area (Å²) in [6, 6.07) is 9.71. The molecule has 0 radical (unpaired) electrons. The van der Waals surface area contributed by atoms with Crippen LogP contribution in [0, 0.1) is 5.92 Å². The van der Waals surface area contributed by atoms with Crippen molar-refractivity contribution in [2.45, 2.75) is 20.3 Å². The van der Waals surface area contributed by atoms with E-state index in [1.807, 2.05) is 44.2 Å². The minimum absolute atomic E-state index is 0.0132. The average Bonchev–Trinajstić information content (AvgIpc) is 2.77. The number of amides is 1. The van der Waals surface area contributed by atoms with E-state index in [-0.39, 0.29) is 5.91 Å². The third-order valence-electron chi connectivity index (χ3n) is 2.30. The van der Waals surface area contributed by atoms with Crippen LogP contribution in [0.2, 0.25) is 0 Å². The number of hydrogen-bond donors (Lipinski definition) is 1. The number of carbonyl (C=O) groups excluding carboxylic acids is 1. The van der Waals surface area contributed by atoms with E-state index in [0.29, 0.717) is 23.3 Å². The molecule has 2 aromatic rings. The molecule has 1 N–H and O–H groups in total. The standard InChI is InChI=1S/C13H15N3OS/c1-9(2)8-11(17)14-13-15-12(16-18-13)10-6-4-3-5-7-10/h3-7,9H,8H2,1-2H3,(H,14,15,16,17). The minimum atomic E-state index is -0.0132. The predicted octanol–water partition coefficient (Wildman–Crippen LogP) is 3.19. The molecular weight excluding hydrogens is 246 g/mol. The van der Waals surface area contributed by atoms with Gasteiger partial charge >= 0.3 is 0 Å². The van der Waals surface area contributed by atoms with E-state index in [4.69, 9.17) is 0 Å². The number of rotatable bonds is 4. The molecule has 1 aromatic heterocycles. The van der Waals surface area contributed by atoms with Gasteiger partial charge in [0, 0.05) is 23.5 Å². The zero-order valence-corrected chi connectivity index (χ0v) is 11.2. The third-order valence-corrected chi connectivity index (χ3v) is 2.93. The van der Waals surface area contributed by atoms with Crippen LogP contribution in [0.1, 0.15) is 20.3 Å². The first-order valence-corrected chi connectivity index (χ1v) is 6.61. The molecule has 5 heteroatoms. The van der Waals surface area contributed by atoms with Crippen molar-refractivity contribution in [1.29, 1.82) is 0 Å². The van der Waals surface area contributed by atoms with Crippen LogP contribution in [-0.2, 0) is 4.79 Å². The molecule has 0 unspecified atom stereocenters. The monoisotopic (exact) mass is 261 g/mol. The van der Waals surface area contributed by atoms with Gasteiger partial charge in [-0.25, -0.2) is 0 Å². The van der Waals surface area contributed by atoms with E-state index in [9.17, 15) is 4.79 Å². The van der Waals surface area contributed by atoms with Gasteiger partial charge in [0.1, 0.15) is 0 Å². The van der Waals surface area contributed by atoms with Crippen LogP contribution in [0.5, 0.6) is 0 Å². The Morgan fingerprint density at radius 3 is 2.72 bits per heavy atom. The van der Waals surface area contributed by atoms with Crippen molar-refractivity contribution in [3.05, 3.63) is 30.3 Å². The lowest BCUT2D eigenvalue weighted by Crippen LogP contribution is -2.13.